The first-order chi connectivity index (χ1) is 6.69. The minimum atomic E-state index is -1.09. The van der Waals surface area contributed by atoms with Crippen molar-refractivity contribution >= 4 is 17.8 Å². The first-order valence-electron chi connectivity index (χ1n) is 3.68. The number of hydrogen-bond donors (Lipinski definition) is 2. The van der Waals surface area contributed by atoms with Gasteiger partial charge in [0.1, 0.15) is 0 Å². The number of rotatable bonds is 3. The van der Waals surface area contributed by atoms with Crippen LogP contribution in [-0.2, 0) is 4.79 Å². The number of hydrogen-bond acceptors (Lipinski definition) is 4. The SMILES string of the molecule is O=C/C(=C\O)c1ccc(C(=O)O)cn1. The van der Waals surface area contributed by atoms with Crippen LogP contribution in [0.15, 0.2) is 24.6 Å². The highest BCUT2D eigenvalue weighted by atomic mass is 16.4. The van der Waals surface area contributed by atoms with Gasteiger partial charge in [0.15, 0.2) is 6.29 Å². The summed E-state index contributed by atoms with van der Waals surface area (Å²) >= 11 is 0. The molecule has 1 aromatic heterocycles. The smallest absolute Gasteiger partial charge is 0.337 e. The van der Waals surface area contributed by atoms with Gasteiger partial charge in [-0.05, 0) is 12.1 Å². The fourth-order valence-electron chi connectivity index (χ4n) is 0.848. The van der Waals surface area contributed by atoms with Crippen LogP contribution in [0.25, 0.3) is 5.57 Å². The fourth-order valence-corrected chi connectivity index (χ4v) is 0.848. The highest BCUT2D eigenvalue weighted by molar-refractivity contribution is 6.05. The lowest BCUT2D eigenvalue weighted by Gasteiger charge is -1.97. The van der Waals surface area contributed by atoms with Gasteiger partial charge >= 0.3 is 5.97 Å². The van der Waals surface area contributed by atoms with E-state index < -0.39 is 5.97 Å². The van der Waals surface area contributed by atoms with E-state index >= 15 is 0 Å². The van der Waals surface area contributed by atoms with Gasteiger partial charge in [-0.1, -0.05) is 0 Å². The molecule has 0 aliphatic heterocycles. The van der Waals surface area contributed by atoms with E-state index in [0.29, 0.717) is 12.5 Å². The van der Waals surface area contributed by atoms with E-state index in [-0.39, 0.29) is 16.8 Å². The lowest BCUT2D eigenvalue weighted by Crippen LogP contribution is -1.98. The normalized spacial score (nSPS) is 11.0. The first-order valence-corrected chi connectivity index (χ1v) is 3.68. The molecule has 0 atom stereocenters. The van der Waals surface area contributed by atoms with Crippen LogP contribution in [-0.4, -0.2) is 27.5 Å². The van der Waals surface area contributed by atoms with Crippen LogP contribution in [0.4, 0.5) is 0 Å². The Hall–Kier alpha value is -2.17. The van der Waals surface area contributed by atoms with Crippen LogP contribution in [0, 0.1) is 0 Å². The molecule has 72 valence electrons. The van der Waals surface area contributed by atoms with Crippen molar-refractivity contribution in [2.45, 2.75) is 0 Å². The van der Waals surface area contributed by atoms with Crippen molar-refractivity contribution in [3.8, 4) is 0 Å². The van der Waals surface area contributed by atoms with E-state index in [2.05, 4.69) is 4.98 Å². The van der Waals surface area contributed by atoms with Crippen molar-refractivity contribution in [1.82, 2.24) is 4.98 Å². The molecule has 14 heavy (non-hydrogen) atoms. The molecule has 0 saturated carbocycles. The molecule has 2 N–H and O–H groups in total. The van der Waals surface area contributed by atoms with Gasteiger partial charge in [-0.25, -0.2) is 4.79 Å². The third-order valence-corrected chi connectivity index (χ3v) is 1.57. The predicted molar refractivity (Wildman–Crippen MR) is 47.9 cm³/mol. The van der Waals surface area contributed by atoms with Crippen molar-refractivity contribution < 1.29 is 19.8 Å². The van der Waals surface area contributed by atoms with Gasteiger partial charge in [-0.15, -0.1) is 0 Å². The van der Waals surface area contributed by atoms with Crippen molar-refractivity contribution in [3.63, 3.8) is 0 Å². The first kappa shape index (κ1) is 9.91. The molecular weight excluding hydrogens is 186 g/mol. The van der Waals surface area contributed by atoms with E-state index in [4.69, 9.17) is 10.2 Å². The van der Waals surface area contributed by atoms with E-state index in [9.17, 15) is 9.59 Å². The van der Waals surface area contributed by atoms with Crippen LogP contribution in [0.5, 0.6) is 0 Å². The summed E-state index contributed by atoms with van der Waals surface area (Å²) in [4.78, 5) is 24.5. The molecule has 0 unspecified atom stereocenters. The number of aromatic nitrogens is 1. The Morgan fingerprint density at radius 2 is 2.14 bits per heavy atom. The molecule has 1 aromatic rings. The summed E-state index contributed by atoms with van der Waals surface area (Å²) in [5.41, 5.74) is 0.256. The predicted octanol–water partition coefficient (Wildman–Crippen LogP) is 0.878. The Bertz CT molecular complexity index is 380. The van der Waals surface area contributed by atoms with Gasteiger partial charge in [0.2, 0.25) is 0 Å². The Balaban J connectivity index is 3.05. The minimum Gasteiger partial charge on any atom is -0.515 e. The van der Waals surface area contributed by atoms with E-state index in [1.54, 1.807) is 0 Å². The standard InChI is InChI=1S/C9H7NO4/c11-4-7(5-12)8-2-1-6(3-10-8)9(13)14/h1-5,11H,(H,13,14)/b7-4+. The lowest BCUT2D eigenvalue weighted by atomic mass is 10.2. The molecule has 0 radical (unpaired) electrons. The number of carboxylic acids is 1. The number of carbonyl (C=O) groups excluding carboxylic acids is 1. The maximum atomic E-state index is 10.4. The molecule has 0 bridgehead atoms. The molecular formula is C9H7NO4. The van der Waals surface area contributed by atoms with Crippen molar-refractivity contribution in [2.75, 3.05) is 0 Å². The van der Waals surface area contributed by atoms with Gasteiger partial charge in [-0.2, -0.15) is 0 Å². The second-order valence-electron chi connectivity index (χ2n) is 2.44. The summed E-state index contributed by atoms with van der Waals surface area (Å²) < 4.78 is 0. The average Bonchev–Trinajstić information content (AvgIpc) is 2.20. The lowest BCUT2D eigenvalue weighted by molar-refractivity contribution is -0.103. The summed E-state index contributed by atoms with van der Waals surface area (Å²) in [6.07, 6.45) is 2.17. The third kappa shape index (κ3) is 1.95. The molecule has 0 amide bonds. The molecule has 0 aliphatic rings. The topological polar surface area (TPSA) is 87.5 Å². The molecule has 0 aliphatic carbocycles. The second kappa shape index (κ2) is 4.18. The van der Waals surface area contributed by atoms with Gasteiger partial charge in [0.05, 0.1) is 23.1 Å². The largest absolute Gasteiger partial charge is 0.515 e. The number of carbonyl (C=O) groups is 2. The molecule has 0 saturated heterocycles. The van der Waals surface area contributed by atoms with Crippen molar-refractivity contribution in [3.05, 3.63) is 35.8 Å². The Kier molecular flexibility index (Phi) is 2.96. The number of nitrogens with zero attached hydrogens (tertiary/aromatic N) is 1. The van der Waals surface area contributed by atoms with E-state index in [1.165, 1.54) is 12.1 Å². The van der Waals surface area contributed by atoms with Crippen LogP contribution in [0.3, 0.4) is 0 Å². The van der Waals surface area contributed by atoms with Crippen LogP contribution >= 0.6 is 0 Å². The molecule has 0 spiro atoms. The summed E-state index contributed by atoms with van der Waals surface area (Å²) in [6.45, 7) is 0. The summed E-state index contributed by atoms with van der Waals surface area (Å²) in [6, 6.07) is 2.65. The molecule has 1 rings (SSSR count). The van der Waals surface area contributed by atoms with Gasteiger partial charge < -0.3 is 10.2 Å². The quantitative estimate of drug-likeness (QED) is 0.422. The molecule has 5 heteroatoms. The van der Waals surface area contributed by atoms with Crippen LogP contribution < -0.4 is 0 Å². The zero-order valence-electron chi connectivity index (χ0n) is 7.04. The van der Waals surface area contributed by atoms with Gasteiger partial charge in [0, 0.05) is 6.20 Å². The number of aliphatic hydroxyl groups excluding tert-OH is 1. The average molecular weight is 193 g/mol. The number of carboxylic acid groups (broad SMARTS) is 1. The third-order valence-electron chi connectivity index (χ3n) is 1.57. The monoisotopic (exact) mass is 193 g/mol. The number of aliphatic hydroxyl groups is 1. The molecule has 1 heterocycles. The Morgan fingerprint density at radius 3 is 2.50 bits per heavy atom. The minimum absolute atomic E-state index is 0.00180. The van der Waals surface area contributed by atoms with Crippen molar-refractivity contribution in [2.24, 2.45) is 0 Å². The number of aromatic carboxylic acids is 1. The van der Waals surface area contributed by atoms with Crippen LogP contribution in [0.2, 0.25) is 0 Å². The van der Waals surface area contributed by atoms with E-state index in [0.717, 1.165) is 6.20 Å². The molecule has 5 nitrogen and oxygen atoms in total. The summed E-state index contributed by atoms with van der Waals surface area (Å²) in [5, 5.41) is 17.2. The van der Waals surface area contributed by atoms with Gasteiger partial charge in [-0.3, -0.25) is 9.78 Å². The highest BCUT2D eigenvalue weighted by Gasteiger charge is 2.05. The number of allylic oxidation sites excluding steroid dienone is 1. The highest BCUT2D eigenvalue weighted by Crippen LogP contribution is 2.08. The Labute approximate surface area is 79.3 Å². The molecule has 0 fully saturated rings. The summed E-state index contributed by atoms with van der Waals surface area (Å²) in [7, 11) is 0. The van der Waals surface area contributed by atoms with E-state index in [1.807, 2.05) is 0 Å². The van der Waals surface area contributed by atoms with Gasteiger partial charge in [0.25, 0.3) is 0 Å². The second-order valence-corrected chi connectivity index (χ2v) is 2.44. The maximum Gasteiger partial charge on any atom is 0.337 e. The number of aldehydes is 1. The zero-order valence-corrected chi connectivity index (χ0v) is 7.04. The molecule has 0 aromatic carbocycles. The zero-order chi connectivity index (χ0) is 10.6. The Morgan fingerprint density at radius 1 is 1.43 bits per heavy atom. The fraction of sp³-hybridized carbons (Fsp3) is 0. The number of pyridine rings is 1. The maximum absolute atomic E-state index is 10.4. The van der Waals surface area contributed by atoms with Crippen molar-refractivity contribution in [1.29, 1.82) is 0 Å². The summed E-state index contributed by atoms with van der Waals surface area (Å²) in [5.74, 6) is -1.09. The van der Waals surface area contributed by atoms with Crippen LogP contribution in [0.1, 0.15) is 16.1 Å².